The summed E-state index contributed by atoms with van der Waals surface area (Å²) in [5, 5.41) is 0.902. The van der Waals surface area contributed by atoms with E-state index in [4.69, 9.17) is 20.8 Å². The molecule has 0 saturated carbocycles. The van der Waals surface area contributed by atoms with Crippen LogP contribution in [0.3, 0.4) is 0 Å². The van der Waals surface area contributed by atoms with E-state index in [0.717, 1.165) is 30.1 Å². The predicted octanol–water partition coefficient (Wildman–Crippen LogP) is 3.22. The van der Waals surface area contributed by atoms with E-state index < -0.39 is 0 Å². The Kier molecular flexibility index (Phi) is 4.90. The van der Waals surface area contributed by atoms with Crippen molar-refractivity contribution in [2.24, 2.45) is 0 Å². The van der Waals surface area contributed by atoms with E-state index in [9.17, 15) is 9.59 Å². The van der Waals surface area contributed by atoms with Gasteiger partial charge >= 0.3 is 5.63 Å². The molecule has 0 N–H and O–H groups in total. The molecule has 0 radical (unpaired) electrons. The molecule has 6 heteroatoms. The molecule has 3 rings (SSSR count). The van der Waals surface area contributed by atoms with Crippen LogP contribution in [0.15, 0.2) is 44.7 Å². The minimum atomic E-state index is -0.361. The lowest BCUT2D eigenvalue weighted by Crippen LogP contribution is -2.38. The molecule has 5 nitrogen and oxygen atoms in total. The molecule has 1 aliphatic rings. The minimum absolute atomic E-state index is 0.0541. The van der Waals surface area contributed by atoms with Crippen LogP contribution >= 0.6 is 11.6 Å². The molecule has 1 saturated heterocycles. The number of hydrogen-bond acceptors (Lipinski definition) is 5. The molecule has 126 valence electrons. The van der Waals surface area contributed by atoms with Gasteiger partial charge in [0.05, 0.1) is 5.70 Å². The monoisotopic (exact) mass is 347 g/mol. The third-order valence-corrected chi connectivity index (χ3v) is 4.49. The van der Waals surface area contributed by atoms with E-state index in [1.807, 2.05) is 24.0 Å². The summed E-state index contributed by atoms with van der Waals surface area (Å²) in [6, 6.07) is 7.02. The maximum atomic E-state index is 11.5. The van der Waals surface area contributed by atoms with Crippen LogP contribution in [0.5, 0.6) is 5.75 Å². The Morgan fingerprint density at radius 3 is 2.75 bits per heavy atom. The number of carbonyl (C=O) groups is 1. The van der Waals surface area contributed by atoms with Crippen molar-refractivity contribution in [3.8, 4) is 5.75 Å². The molecule has 1 aliphatic heterocycles. The average Bonchev–Trinajstić information content (AvgIpc) is 2.57. The lowest BCUT2D eigenvalue weighted by atomic mass is 10.1. The number of likely N-dealkylation sites (tertiary alicyclic amines) is 1. The normalized spacial score (nSPS) is 16.4. The topological polar surface area (TPSA) is 59.8 Å². The van der Waals surface area contributed by atoms with Crippen molar-refractivity contribution < 1.29 is 13.9 Å². The largest absolute Gasteiger partial charge is 0.490 e. The van der Waals surface area contributed by atoms with Crippen molar-refractivity contribution in [3.05, 3.63) is 51.5 Å². The zero-order valence-corrected chi connectivity index (χ0v) is 14.1. The Morgan fingerprint density at radius 1 is 1.33 bits per heavy atom. The number of hydrogen-bond donors (Lipinski definition) is 0. The molecule has 0 unspecified atom stereocenters. The minimum Gasteiger partial charge on any atom is -0.490 e. The highest BCUT2D eigenvalue weighted by molar-refractivity contribution is 6.26. The summed E-state index contributed by atoms with van der Waals surface area (Å²) in [5.41, 5.74) is 2.86. The predicted molar refractivity (Wildman–Crippen MR) is 92.4 cm³/mol. The van der Waals surface area contributed by atoms with E-state index in [-0.39, 0.29) is 11.7 Å². The van der Waals surface area contributed by atoms with Gasteiger partial charge in [0, 0.05) is 49.0 Å². The Morgan fingerprint density at radius 2 is 2.08 bits per heavy atom. The van der Waals surface area contributed by atoms with Crippen LogP contribution in [-0.4, -0.2) is 30.4 Å². The molecule has 1 fully saturated rings. The van der Waals surface area contributed by atoms with Gasteiger partial charge in [-0.15, -0.1) is 0 Å². The summed E-state index contributed by atoms with van der Waals surface area (Å²) in [5.74, 6) is 0.679. The number of piperidine rings is 1. The molecule has 0 bridgehead atoms. The third-order valence-electron chi connectivity index (χ3n) is 4.27. The second-order valence-electron chi connectivity index (χ2n) is 5.86. The summed E-state index contributed by atoms with van der Waals surface area (Å²) < 4.78 is 11.3. The summed E-state index contributed by atoms with van der Waals surface area (Å²) in [7, 11) is 0. The van der Waals surface area contributed by atoms with Crippen LogP contribution < -0.4 is 10.4 Å². The SMILES string of the molecule is Cc1cc(=O)oc2cc(OC3CCN(C(C=O)=CCl)CC3)ccc12. The first-order valence-electron chi connectivity index (χ1n) is 7.82. The molecule has 0 amide bonds. The molecular weight excluding hydrogens is 330 g/mol. The Balaban J connectivity index is 1.70. The van der Waals surface area contributed by atoms with Crippen LogP contribution in [-0.2, 0) is 4.79 Å². The van der Waals surface area contributed by atoms with Gasteiger partial charge in [0.2, 0.25) is 0 Å². The standard InChI is InChI=1S/C18H18ClNO4/c1-12-8-18(22)24-17-9-15(2-3-16(12)17)23-14-4-6-20(7-5-14)13(10-19)11-21/h2-3,8-11,14H,4-7H2,1H3. The summed E-state index contributed by atoms with van der Waals surface area (Å²) in [6.45, 7) is 3.30. The average molecular weight is 348 g/mol. The Labute approximate surface area is 144 Å². The van der Waals surface area contributed by atoms with Crippen molar-refractivity contribution in [2.75, 3.05) is 13.1 Å². The highest BCUT2D eigenvalue weighted by Gasteiger charge is 2.22. The number of carbonyl (C=O) groups excluding carboxylic acids is 1. The van der Waals surface area contributed by atoms with Crippen LogP contribution in [0.1, 0.15) is 18.4 Å². The molecule has 0 spiro atoms. The quantitative estimate of drug-likeness (QED) is 0.483. The van der Waals surface area contributed by atoms with Gasteiger partial charge in [-0.2, -0.15) is 0 Å². The maximum Gasteiger partial charge on any atom is 0.336 e. The fourth-order valence-corrected chi connectivity index (χ4v) is 3.16. The second kappa shape index (κ2) is 7.09. The maximum absolute atomic E-state index is 11.5. The molecule has 1 aromatic carbocycles. The van der Waals surface area contributed by atoms with Crippen molar-refractivity contribution in [3.63, 3.8) is 0 Å². The van der Waals surface area contributed by atoms with Gasteiger partial charge in [0.1, 0.15) is 17.4 Å². The lowest BCUT2D eigenvalue weighted by molar-refractivity contribution is -0.106. The fraction of sp³-hybridized carbons (Fsp3) is 0.333. The zero-order valence-electron chi connectivity index (χ0n) is 13.3. The van der Waals surface area contributed by atoms with Crippen molar-refractivity contribution in [1.82, 2.24) is 4.90 Å². The van der Waals surface area contributed by atoms with E-state index >= 15 is 0 Å². The van der Waals surface area contributed by atoms with Gasteiger partial charge in [-0.25, -0.2) is 4.79 Å². The number of ether oxygens (including phenoxy) is 1. The van der Waals surface area contributed by atoms with Crippen LogP contribution in [0.4, 0.5) is 0 Å². The highest BCUT2D eigenvalue weighted by atomic mass is 35.5. The van der Waals surface area contributed by atoms with E-state index in [1.165, 1.54) is 11.6 Å². The van der Waals surface area contributed by atoms with E-state index in [2.05, 4.69) is 0 Å². The first kappa shape index (κ1) is 16.6. The fourth-order valence-electron chi connectivity index (χ4n) is 2.97. The van der Waals surface area contributed by atoms with Gasteiger partial charge in [-0.05, 0) is 24.6 Å². The highest BCUT2D eigenvalue weighted by Crippen LogP contribution is 2.25. The molecular formula is C18H18ClNO4. The number of halogens is 1. The Hall–Kier alpha value is -2.27. The number of rotatable bonds is 4. The number of benzene rings is 1. The summed E-state index contributed by atoms with van der Waals surface area (Å²) in [4.78, 5) is 24.4. The van der Waals surface area contributed by atoms with Crippen molar-refractivity contribution in [1.29, 1.82) is 0 Å². The molecule has 1 aromatic heterocycles. The third kappa shape index (κ3) is 3.46. The smallest absolute Gasteiger partial charge is 0.336 e. The zero-order chi connectivity index (χ0) is 17.1. The number of aldehydes is 1. The summed E-state index contributed by atoms with van der Waals surface area (Å²) >= 11 is 5.65. The first-order chi connectivity index (χ1) is 11.6. The number of fused-ring (bicyclic) bond motifs is 1. The second-order valence-corrected chi connectivity index (χ2v) is 6.08. The molecule has 0 aliphatic carbocycles. The summed E-state index contributed by atoms with van der Waals surface area (Å²) in [6.07, 6.45) is 2.40. The van der Waals surface area contributed by atoms with Gasteiger partial charge in [0.15, 0.2) is 6.29 Å². The van der Waals surface area contributed by atoms with Gasteiger partial charge < -0.3 is 14.1 Å². The molecule has 2 aromatic rings. The van der Waals surface area contributed by atoms with Gasteiger partial charge in [-0.1, -0.05) is 11.6 Å². The lowest BCUT2D eigenvalue weighted by Gasteiger charge is -2.33. The van der Waals surface area contributed by atoms with E-state index in [1.54, 1.807) is 6.07 Å². The van der Waals surface area contributed by atoms with Crippen LogP contribution in [0.2, 0.25) is 0 Å². The van der Waals surface area contributed by atoms with Gasteiger partial charge in [0.25, 0.3) is 0 Å². The molecule has 24 heavy (non-hydrogen) atoms. The number of nitrogens with zero attached hydrogens (tertiary/aromatic N) is 1. The van der Waals surface area contributed by atoms with Crippen molar-refractivity contribution >= 4 is 28.9 Å². The van der Waals surface area contributed by atoms with Crippen molar-refractivity contribution in [2.45, 2.75) is 25.9 Å². The van der Waals surface area contributed by atoms with Crippen LogP contribution in [0.25, 0.3) is 11.0 Å². The first-order valence-corrected chi connectivity index (χ1v) is 8.26. The number of allylic oxidation sites excluding steroid dienone is 1. The molecule has 0 atom stereocenters. The Bertz CT molecular complexity index is 835. The molecule has 2 heterocycles. The number of aryl methyl sites for hydroxylation is 1. The van der Waals surface area contributed by atoms with Gasteiger partial charge in [-0.3, -0.25) is 4.79 Å². The van der Waals surface area contributed by atoms with Crippen LogP contribution in [0, 0.1) is 6.92 Å². The van der Waals surface area contributed by atoms with E-state index in [0.29, 0.717) is 30.1 Å².